The van der Waals surface area contributed by atoms with E-state index in [4.69, 9.17) is 11.6 Å². The first kappa shape index (κ1) is 19.0. The fraction of sp³-hybridized carbons (Fsp3) is 0.105. The number of hydrazine groups is 1. The zero-order chi connectivity index (χ0) is 19.2. The predicted octanol–water partition coefficient (Wildman–Crippen LogP) is 3.43. The SMILES string of the molecule is C=CCn1c(SCC(=O)NNC(=O)c2ccccc2Cl)nc2ccccc21. The highest BCUT2D eigenvalue weighted by Gasteiger charge is 2.13. The third-order valence-electron chi connectivity index (χ3n) is 3.70. The van der Waals surface area contributed by atoms with Crippen molar-refractivity contribution in [1.82, 2.24) is 20.4 Å². The molecule has 138 valence electrons. The molecule has 0 saturated heterocycles. The lowest BCUT2D eigenvalue weighted by molar-refractivity contribution is -0.119. The van der Waals surface area contributed by atoms with Crippen molar-refractivity contribution in [2.75, 3.05) is 5.75 Å². The predicted molar refractivity (Wildman–Crippen MR) is 108 cm³/mol. The monoisotopic (exact) mass is 400 g/mol. The summed E-state index contributed by atoms with van der Waals surface area (Å²) in [7, 11) is 0. The number of nitrogens with zero attached hydrogens (tertiary/aromatic N) is 2. The lowest BCUT2D eigenvalue weighted by atomic mass is 10.2. The second kappa shape index (κ2) is 8.75. The summed E-state index contributed by atoms with van der Waals surface area (Å²) in [5, 5.41) is 1.03. The van der Waals surface area contributed by atoms with Gasteiger partial charge in [0.15, 0.2) is 5.16 Å². The Labute approximate surface area is 165 Å². The number of allylic oxidation sites excluding steroid dienone is 1. The molecular formula is C19H17ClN4O2S. The number of amides is 2. The molecule has 2 amide bonds. The summed E-state index contributed by atoms with van der Waals surface area (Å²) in [6.45, 7) is 4.36. The Bertz CT molecular complexity index is 1000. The smallest absolute Gasteiger partial charge is 0.271 e. The minimum Gasteiger partial charge on any atom is -0.315 e. The van der Waals surface area contributed by atoms with E-state index in [1.807, 2.05) is 28.8 Å². The van der Waals surface area contributed by atoms with Crippen molar-refractivity contribution in [3.63, 3.8) is 0 Å². The Morgan fingerprint density at radius 1 is 1.15 bits per heavy atom. The van der Waals surface area contributed by atoms with Gasteiger partial charge in [0.1, 0.15) is 0 Å². The minimum absolute atomic E-state index is 0.100. The van der Waals surface area contributed by atoms with Crippen LogP contribution in [-0.4, -0.2) is 27.1 Å². The van der Waals surface area contributed by atoms with Crippen molar-refractivity contribution < 1.29 is 9.59 Å². The number of benzene rings is 2. The molecule has 0 radical (unpaired) electrons. The van der Waals surface area contributed by atoms with Crippen LogP contribution in [0.15, 0.2) is 66.3 Å². The number of aromatic nitrogens is 2. The molecule has 1 aromatic heterocycles. The van der Waals surface area contributed by atoms with Crippen molar-refractivity contribution in [1.29, 1.82) is 0 Å². The molecule has 3 aromatic rings. The molecule has 0 bridgehead atoms. The number of imidazole rings is 1. The Kier molecular flexibility index (Phi) is 6.16. The lowest BCUT2D eigenvalue weighted by Gasteiger charge is -2.09. The molecule has 0 unspecified atom stereocenters. The maximum absolute atomic E-state index is 12.1. The Balaban J connectivity index is 1.60. The van der Waals surface area contributed by atoms with Gasteiger partial charge in [0.2, 0.25) is 5.91 Å². The van der Waals surface area contributed by atoms with Crippen LogP contribution in [0, 0.1) is 0 Å². The molecule has 3 rings (SSSR count). The number of halogens is 1. The van der Waals surface area contributed by atoms with E-state index in [1.165, 1.54) is 11.8 Å². The summed E-state index contributed by atoms with van der Waals surface area (Å²) >= 11 is 7.25. The second-order valence-electron chi connectivity index (χ2n) is 5.55. The van der Waals surface area contributed by atoms with Crippen LogP contribution < -0.4 is 10.9 Å². The maximum atomic E-state index is 12.1. The summed E-state index contributed by atoms with van der Waals surface area (Å²) < 4.78 is 1.99. The van der Waals surface area contributed by atoms with Crippen LogP contribution in [-0.2, 0) is 11.3 Å². The fourth-order valence-corrected chi connectivity index (χ4v) is 3.52. The molecule has 1 heterocycles. The molecule has 0 spiro atoms. The average Bonchev–Trinajstić information content (AvgIpc) is 3.03. The third kappa shape index (κ3) is 4.50. The number of hydrogen-bond donors (Lipinski definition) is 2. The number of thioether (sulfide) groups is 1. The molecule has 2 aromatic carbocycles. The van der Waals surface area contributed by atoms with E-state index in [2.05, 4.69) is 22.4 Å². The molecule has 0 aliphatic rings. The number of nitrogens with one attached hydrogen (secondary N) is 2. The van der Waals surface area contributed by atoms with Gasteiger partial charge < -0.3 is 4.57 Å². The zero-order valence-corrected chi connectivity index (χ0v) is 15.9. The Hall–Kier alpha value is -2.77. The Morgan fingerprint density at radius 2 is 1.89 bits per heavy atom. The quantitative estimate of drug-likeness (QED) is 0.377. The minimum atomic E-state index is -0.474. The van der Waals surface area contributed by atoms with E-state index < -0.39 is 5.91 Å². The average molecular weight is 401 g/mol. The van der Waals surface area contributed by atoms with Gasteiger partial charge in [-0.15, -0.1) is 6.58 Å². The highest BCUT2D eigenvalue weighted by atomic mass is 35.5. The van der Waals surface area contributed by atoms with E-state index in [1.54, 1.807) is 30.3 Å². The van der Waals surface area contributed by atoms with E-state index in [0.29, 0.717) is 22.3 Å². The summed E-state index contributed by atoms with van der Waals surface area (Å²) in [6, 6.07) is 14.4. The number of hydrogen-bond acceptors (Lipinski definition) is 4. The molecule has 27 heavy (non-hydrogen) atoms. The van der Waals surface area contributed by atoms with E-state index >= 15 is 0 Å². The number of rotatable bonds is 6. The number of carbonyl (C=O) groups excluding carboxylic acids is 2. The molecule has 0 fully saturated rings. The van der Waals surface area contributed by atoms with Crippen LogP contribution in [0.25, 0.3) is 11.0 Å². The van der Waals surface area contributed by atoms with Crippen LogP contribution in [0.2, 0.25) is 5.02 Å². The van der Waals surface area contributed by atoms with Gasteiger partial charge in [-0.25, -0.2) is 4.98 Å². The van der Waals surface area contributed by atoms with Gasteiger partial charge >= 0.3 is 0 Å². The van der Waals surface area contributed by atoms with Crippen LogP contribution in [0.5, 0.6) is 0 Å². The second-order valence-corrected chi connectivity index (χ2v) is 6.90. The van der Waals surface area contributed by atoms with Gasteiger partial charge in [-0.05, 0) is 24.3 Å². The number of carbonyl (C=O) groups is 2. The van der Waals surface area contributed by atoms with Crippen LogP contribution >= 0.6 is 23.4 Å². The first-order valence-corrected chi connectivity index (χ1v) is 9.49. The van der Waals surface area contributed by atoms with Gasteiger partial charge in [0, 0.05) is 6.54 Å². The molecule has 0 aliphatic carbocycles. The first-order valence-electron chi connectivity index (χ1n) is 8.13. The maximum Gasteiger partial charge on any atom is 0.271 e. The normalized spacial score (nSPS) is 10.6. The van der Waals surface area contributed by atoms with Gasteiger partial charge in [-0.3, -0.25) is 20.4 Å². The summed E-state index contributed by atoms with van der Waals surface area (Å²) in [6.07, 6.45) is 1.78. The first-order chi connectivity index (χ1) is 13.1. The van der Waals surface area contributed by atoms with Gasteiger partial charge in [-0.1, -0.05) is 53.7 Å². The van der Waals surface area contributed by atoms with Crippen molar-refractivity contribution in [3.05, 3.63) is 71.8 Å². The van der Waals surface area contributed by atoms with Crippen molar-refractivity contribution in [3.8, 4) is 0 Å². The fourth-order valence-electron chi connectivity index (χ4n) is 2.47. The molecule has 8 heteroatoms. The van der Waals surface area contributed by atoms with Gasteiger partial charge in [0.05, 0.1) is 27.4 Å². The van der Waals surface area contributed by atoms with E-state index in [0.717, 1.165) is 11.0 Å². The highest BCUT2D eigenvalue weighted by Crippen LogP contribution is 2.24. The lowest BCUT2D eigenvalue weighted by Crippen LogP contribution is -2.42. The van der Waals surface area contributed by atoms with Crippen molar-refractivity contribution >= 4 is 46.2 Å². The standard InChI is InChI=1S/C19H17ClN4O2S/c1-2-11-24-16-10-6-5-9-15(16)21-19(24)27-12-17(25)22-23-18(26)13-7-3-4-8-14(13)20/h2-10H,1,11-12H2,(H,22,25)(H,23,26). The topological polar surface area (TPSA) is 76.0 Å². The largest absolute Gasteiger partial charge is 0.315 e. The van der Waals surface area contributed by atoms with E-state index in [-0.39, 0.29) is 11.7 Å². The molecule has 0 atom stereocenters. The number of fused-ring (bicyclic) bond motifs is 1. The van der Waals surface area contributed by atoms with Crippen LogP contribution in [0.4, 0.5) is 0 Å². The van der Waals surface area contributed by atoms with E-state index in [9.17, 15) is 9.59 Å². The van der Waals surface area contributed by atoms with Crippen LogP contribution in [0.1, 0.15) is 10.4 Å². The highest BCUT2D eigenvalue weighted by molar-refractivity contribution is 7.99. The summed E-state index contributed by atoms with van der Waals surface area (Å²) in [4.78, 5) is 28.7. The Morgan fingerprint density at radius 3 is 2.67 bits per heavy atom. The molecule has 0 saturated carbocycles. The van der Waals surface area contributed by atoms with Crippen molar-refractivity contribution in [2.45, 2.75) is 11.7 Å². The number of para-hydroxylation sites is 2. The molecular weight excluding hydrogens is 384 g/mol. The molecule has 6 nitrogen and oxygen atoms in total. The summed E-state index contributed by atoms with van der Waals surface area (Å²) in [5.74, 6) is -0.723. The van der Waals surface area contributed by atoms with Gasteiger partial charge in [-0.2, -0.15) is 0 Å². The van der Waals surface area contributed by atoms with Crippen LogP contribution in [0.3, 0.4) is 0 Å². The zero-order valence-electron chi connectivity index (χ0n) is 14.3. The molecule has 0 aliphatic heterocycles. The van der Waals surface area contributed by atoms with Crippen molar-refractivity contribution in [2.24, 2.45) is 0 Å². The summed E-state index contributed by atoms with van der Waals surface area (Å²) in [5.41, 5.74) is 6.88. The third-order valence-corrected chi connectivity index (χ3v) is 5.00. The molecule has 2 N–H and O–H groups in total. The van der Waals surface area contributed by atoms with Gasteiger partial charge in [0.25, 0.3) is 5.91 Å².